The fraction of sp³-hybridized carbons (Fsp3) is 0.538. The van der Waals surface area contributed by atoms with Crippen LogP contribution in [0.4, 0.5) is 0 Å². The summed E-state index contributed by atoms with van der Waals surface area (Å²) in [7, 11) is 0. The molecule has 2 aliphatic carbocycles. The summed E-state index contributed by atoms with van der Waals surface area (Å²) in [5.74, 6) is 0. The maximum Gasteiger partial charge on any atom is 0.0281 e. The Hall–Kier alpha value is -0.780. The lowest BCUT2D eigenvalue weighted by Crippen LogP contribution is -2.29. The summed E-state index contributed by atoms with van der Waals surface area (Å²) in [5, 5.41) is 0. The topological polar surface area (TPSA) is 0 Å². The Kier molecular flexibility index (Phi) is 1.61. The Morgan fingerprint density at radius 3 is 2.46 bits per heavy atom. The van der Waals surface area contributed by atoms with E-state index in [1.807, 2.05) is 0 Å². The average Bonchev–Trinajstić information content (AvgIpc) is 2.29. The van der Waals surface area contributed by atoms with Gasteiger partial charge in [0.25, 0.3) is 0 Å². The van der Waals surface area contributed by atoms with Gasteiger partial charge >= 0.3 is 0 Å². The molecule has 2 aliphatic rings. The van der Waals surface area contributed by atoms with Gasteiger partial charge in [0.05, 0.1) is 0 Å². The lowest BCUT2D eigenvalue weighted by molar-refractivity contribution is 0.362. The molecule has 0 heterocycles. The highest BCUT2D eigenvalue weighted by atomic mass is 14.4. The van der Waals surface area contributed by atoms with E-state index in [0.29, 0.717) is 5.41 Å². The lowest BCUT2D eigenvalue weighted by Gasteiger charge is -2.40. The highest BCUT2D eigenvalue weighted by Crippen LogP contribution is 2.53. The van der Waals surface area contributed by atoms with E-state index in [0.717, 1.165) is 0 Å². The van der Waals surface area contributed by atoms with Crippen LogP contribution in [-0.4, -0.2) is 0 Å². The normalized spacial score (nSPS) is 35.4. The van der Waals surface area contributed by atoms with Crippen molar-refractivity contribution in [3.05, 3.63) is 35.5 Å². The summed E-state index contributed by atoms with van der Waals surface area (Å²) in [4.78, 5) is 0. The van der Waals surface area contributed by atoms with Crippen LogP contribution in [0, 0.1) is 10.8 Å². The summed E-state index contributed by atoms with van der Waals surface area (Å²) < 4.78 is 0. The van der Waals surface area contributed by atoms with Crippen LogP contribution in [0.15, 0.2) is 35.5 Å². The van der Waals surface area contributed by atoms with Gasteiger partial charge in [-0.05, 0) is 25.7 Å². The van der Waals surface area contributed by atoms with Gasteiger partial charge in [0.1, 0.15) is 0 Å². The van der Waals surface area contributed by atoms with Gasteiger partial charge in [-0.3, -0.25) is 0 Å². The molecule has 0 heteroatoms. The highest BCUT2D eigenvalue weighted by molar-refractivity contribution is 5.48. The van der Waals surface area contributed by atoms with Crippen molar-refractivity contribution < 1.29 is 0 Å². The lowest BCUT2D eigenvalue weighted by atomic mass is 9.63. The molecular weight excluding hydrogens is 156 g/mol. The Morgan fingerprint density at radius 2 is 1.85 bits per heavy atom. The number of allylic oxidation sites excluding steroid dienone is 6. The maximum atomic E-state index is 2.36. The van der Waals surface area contributed by atoms with Gasteiger partial charge < -0.3 is 0 Å². The molecule has 0 nitrogen and oxygen atoms in total. The van der Waals surface area contributed by atoms with E-state index in [-0.39, 0.29) is 5.41 Å². The molecule has 0 N–H and O–H groups in total. The molecule has 0 amide bonds. The minimum absolute atomic E-state index is 0.224. The smallest absolute Gasteiger partial charge is 0.0281 e. The minimum Gasteiger partial charge on any atom is -0.0865 e. The SMILES string of the molecule is CC1=CC=C2C(C)(C)CC=C[C@]12C. The number of rotatable bonds is 0. The van der Waals surface area contributed by atoms with Crippen molar-refractivity contribution in [1.29, 1.82) is 0 Å². The first-order valence-corrected chi connectivity index (χ1v) is 5.04. The maximum absolute atomic E-state index is 2.36. The van der Waals surface area contributed by atoms with Crippen molar-refractivity contribution in [1.82, 2.24) is 0 Å². The third-order valence-corrected chi connectivity index (χ3v) is 3.69. The second-order valence-electron chi connectivity index (χ2n) is 5.12. The van der Waals surface area contributed by atoms with Crippen molar-refractivity contribution >= 4 is 0 Å². The van der Waals surface area contributed by atoms with Gasteiger partial charge in [0.2, 0.25) is 0 Å². The average molecular weight is 174 g/mol. The van der Waals surface area contributed by atoms with E-state index in [1.54, 1.807) is 5.57 Å². The van der Waals surface area contributed by atoms with E-state index in [1.165, 1.54) is 12.0 Å². The largest absolute Gasteiger partial charge is 0.0865 e. The summed E-state index contributed by atoms with van der Waals surface area (Å²) in [6.45, 7) is 9.24. The van der Waals surface area contributed by atoms with Crippen molar-refractivity contribution in [2.45, 2.75) is 34.1 Å². The fourth-order valence-electron chi connectivity index (χ4n) is 2.62. The molecule has 0 aromatic heterocycles. The van der Waals surface area contributed by atoms with E-state index < -0.39 is 0 Å². The van der Waals surface area contributed by atoms with E-state index in [4.69, 9.17) is 0 Å². The van der Waals surface area contributed by atoms with Gasteiger partial charge in [-0.15, -0.1) is 0 Å². The third-order valence-electron chi connectivity index (χ3n) is 3.69. The van der Waals surface area contributed by atoms with E-state index >= 15 is 0 Å². The summed E-state index contributed by atoms with van der Waals surface area (Å²) in [5.41, 5.74) is 3.63. The van der Waals surface area contributed by atoms with E-state index in [9.17, 15) is 0 Å². The van der Waals surface area contributed by atoms with Crippen molar-refractivity contribution in [3.8, 4) is 0 Å². The van der Waals surface area contributed by atoms with Gasteiger partial charge in [-0.25, -0.2) is 0 Å². The number of hydrogen-bond donors (Lipinski definition) is 0. The van der Waals surface area contributed by atoms with Crippen LogP contribution in [0.3, 0.4) is 0 Å². The summed E-state index contributed by atoms with van der Waals surface area (Å²) in [6, 6.07) is 0. The van der Waals surface area contributed by atoms with Crippen molar-refractivity contribution in [3.63, 3.8) is 0 Å². The van der Waals surface area contributed by atoms with Gasteiger partial charge in [0.15, 0.2) is 0 Å². The van der Waals surface area contributed by atoms with Crippen LogP contribution < -0.4 is 0 Å². The zero-order valence-electron chi connectivity index (χ0n) is 9.02. The first kappa shape index (κ1) is 8.80. The Bertz CT molecular complexity index is 326. The molecule has 0 fully saturated rings. The summed E-state index contributed by atoms with van der Waals surface area (Å²) in [6.07, 6.45) is 10.5. The monoisotopic (exact) mass is 174 g/mol. The Morgan fingerprint density at radius 1 is 1.15 bits per heavy atom. The predicted octanol–water partition coefficient (Wildman–Crippen LogP) is 3.87. The third kappa shape index (κ3) is 1.04. The fourth-order valence-corrected chi connectivity index (χ4v) is 2.62. The van der Waals surface area contributed by atoms with Gasteiger partial charge in [-0.1, -0.05) is 49.3 Å². The predicted molar refractivity (Wildman–Crippen MR) is 57.5 cm³/mol. The molecule has 0 aromatic carbocycles. The molecule has 1 atom stereocenters. The molecule has 0 unspecified atom stereocenters. The van der Waals surface area contributed by atoms with Crippen molar-refractivity contribution in [2.75, 3.05) is 0 Å². The molecule has 70 valence electrons. The van der Waals surface area contributed by atoms with Crippen LogP contribution in [0.2, 0.25) is 0 Å². The second kappa shape index (κ2) is 2.37. The van der Waals surface area contributed by atoms with Gasteiger partial charge in [-0.2, -0.15) is 0 Å². The molecule has 0 saturated carbocycles. The van der Waals surface area contributed by atoms with Crippen molar-refractivity contribution in [2.24, 2.45) is 10.8 Å². The van der Waals surface area contributed by atoms with E-state index in [2.05, 4.69) is 52.0 Å². The zero-order valence-corrected chi connectivity index (χ0v) is 9.02. The van der Waals surface area contributed by atoms with Crippen LogP contribution in [0.1, 0.15) is 34.1 Å². The summed E-state index contributed by atoms with van der Waals surface area (Å²) >= 11 is 0. The Labute approximate surface area is 81.0 Å². The van der Waals surface area contributed by atoms with Crippen LogP contribution >= 0.6 is 0 Å². The first-order chi connectivity index (χ1) is 5.97. The molecule has 0 aromatic rings. The van der Waals surface area contributed by atoms with Gasteiger partial charge in [0, 0.05) is 5.41 Å². The molecule has 0 spiro atoms. The molecule has 0 saturated heterocycles. The number of hydrogen-bond acceptors (Lipinski definition) is 0. The second-order valence-corrected chi connectivity index (χ2v) is 5.12. The highest BCUT2D eigenvalue weighted by Gasteiger charge is 2.41. The molecule has 0 aliphatic heterocycles. The first-order valence-electron chi connectivity index (χ1n) is 5.04. The quantitative estimate of drug-likeness (QED) is 0.489. The van der Waals surface area contributed by atoms with Crippen LogP contribution in [0.5, 0.6) is 0 Å². The number of fused-ring (bicyclic) bond motifs is 1. The molecule has 2 rings (SSSR count). The molecule has 0 bridgehead atoms. The molecule has 0 radical (unpaired) electrons. The molecule has 13 heavy (non-hydrogen) atoms. The zero-order chi connectivity index (χ0) is 9.69. The minimum atomic E-state index is 0.224. The standard InChI is InChI=1S/C13H18/c1-10-6-7-11-12(2,3)8-5-9-13(10,11)4/h5-7,9H,8H2,1-4H3/t13-/m1/s1. The molecular formula is C13H18. The van der Waals surface area contributed by atoms with Crippen LogP contribution in [0.25, 0.3) is 0 Å². The van der Waals surface area contributed by atoms with Crippen LogP contribution in [-0.2, 0) is 0 Å². The Balaban J connectivity index is 2.53.